The van der Waals surface area contributed by atoms with Crippen LogP contribution in [0, 0.1) is 5.82 Å². The van der Waals surface area contributed by atoms with Crippen molar-refractivity contribution in [2.45, 2.75) is 12.8 Å². The molecular weight excluding hydrogens is 307 g/mol. The standard InChI is InChI=1S/C19H19FN2O2/c1-22-12-14(17-11-16(23)6-7-18(17)22)8-9-21-19(24)10-13-2-4-15(20)5-3-13/h2-7,11-12,23H,8-10H2,1H3,(H,21,24). The monoisotopic (exact) mass is 326 g/mol. The molecule has 0 aliphatic heterocycles. The Kier molecular flexibility index (Phi) is 4.51. The Morgan fingerprint density at radius 3 is 2.71 bits per heavy atom. The van der Waals surface area contributed by atoms with E-state index in [-0.39, 0.29) is 23.9 Å². The maximum Gasteiger partial charge on any atom is 0.224 e. The molecule has 0 unspecified atom stereocenters. The van der Waals surface area contributed by atoms with Gasteiger partial charge in [0.25, 0.3) is 0 Å². The summed E-state index contributed by atoms with van der Waals surface area (Å²) in [6.07, 6.45) is 2.92. The number of nitrogens with zero attached hydrogens (tertiary/aromatic N) is 1. The van der Waals surface area contributed by atoms with Gasteiger partial charge in [0.05, 0.1) is 6.42 Å². The fourth-order valence-electron chi connectivity index (χ4n) is 2.85. The number of phenolic OH excluding ortho intramolecular Hbond substituents is 1. The van der Waals surface area contributed by atoms with Crippen molar-refractivity contribution >= 4 is 16.8 Å². The van der Waals surface area contributed by atoms with E-state index in [0.29, 0.717) is 13.0 Å². The van der Waals surface area contributed by atoms with E-state index >= 15 is 0 Å². The first-order chi connectivity index (χ1) is 11.5. The first-order valence-electron chi connectivity index (χ1n) is 7.81. The number of aromatic hydroxyl groups is 1. The molecule has 0 aliphatic rings. The average molecular weight is 326 g/mol. The lowest BCUT2D eigenvalue weighted by Crippen LogP contribution is -2.27. The Bertz CT molecular complexity index is 869. The van der Waals surface area contributed by atoms with Gasteiger partial charge in [-0.25, -0.2) is 4.39 Å². The summed E-state index contributed by atoms with van der Waals surface area (Å²) in [7, 11) is 1.95. The molecule has 2 aromatic carbocycles. The molecule has 0 bridgehead atoms. The highest BCUT2D eigenvalue weighted by Crippen LogP contribution is 2.25. The zero-order valence-electron chi connectivity index (χ0n) is 13.4. The number of fused-ring (bicyclic) bond motifs is 1. The largest absolute Gasteiger partial charge is 0.508 e. The Hall–Kier alpha value is -2.82. The molecule has 1 amide bonds. The average Bonchev–Trinajstić information content (AvgIpc) is 2.85. The van der Waals surface area contributed by atoms with Crippen LogP contribution in [0.1, 0.15) is 11.1 Å². The number of hydrogen-bond donors (Lipinski definition) is 2. The van der Waals surface area contributed by atoms with Gasteiger partial charge < -0.3 is 15.0 Å². The third-order valence-electron chi connectivity index (χ3n) is 4.05. The van der Waals surface area contributed by atoms with Gasteiger partial charge in [0.1, 0.15) is 11.6 Å². The molecule has 2 N–H and O–H groups in total. The number of rotatable bonds is 5. The predicted molar refractivity (Wildman–Crippen MR) is 91.4 cm³/mol. The summed E-state index contributed by atoms with van der Waals surface area (Å²) in [6.45, 7) is 0.509. The van der Waals surface area contributed by atoms with Crippen LogP contribution in [0.15, 0.2) is 48.7 Å². The molecule has 24 heavy (non-hydrogen) atoms. The topological polar surface area (TPSA) is 54.3 Å². The number of aromatic nitrogens is 1. The molecule has 0 aliphatic carbocycles. The smallest absolute Gasteiger partial charge is 0.224 e. The molecule has 0 radical (unpaired) electrons. The van der Waals surface area contributed by atoms with Gasteiger partial charge in [-0.1, -0.05) is 12.1 Å². The van der Waals surface area contributed by atoms with Crippen LogP contribution < -0.4 is 5.32 Å². The molecule has 1 aromatic heterocycles. The van der Waals surface area contributed by atoms with Crippen molar-refractivity contribution < 1.29 is 14.3 Å². The van der Waals surface area contributed by atoms with Crippen LogP contribution in [0.4, 0.5) is 4.39 Å². The Balaban J connectivity index is 1.59. The zero-order chi connectivity index (χ0) is 17.1. The molecule has 0 spiro atoms. The summed E-state index contributed by atoms with van der Waals surface area (Å²) in [5.41, 5.74) is 2.90. The molecule has 3 rings (SSSR count). The predicted octanol–water partition coefficient (Wildman–Crippen LogP) is 2.92. The first-order valence-corrected chi connectivity index (χ1v) is 7.81. The fraction of sp³-hybridized carbons (Fsp3) is 0.211. The number of phenols is 1. The van der Waals surface area contributed by atoms with Crippen molar-refractivity contribution in [3.05, 3.63) is 65.6 Å². The summed E-state index contributed by atoms with van der Waals surface area (Å²) in [5.74, 6) is -0.168. The van der Waals surface area contributed by atoms with Crippen molar-refractivity contribution in [1.29, 1.82) is 0 Å². The number of carbonyl (C=O) groups excluding carboxylic acids is 1. The Morgan fingerprint density at radius 2 is 1.96 bits per heavy atom. The maximum absolute atomic E-state index is 12.9. The molecule has 124 valence electrons. The van der Waals surface area contributed by atoms with E-state index < -0.39 is 0 Å². The lowest BCUT2D eigenvalue weighted by atomic mass is 10.1. The molecule has 0 saturated heterocycles. The van der Waals surface area contributed by atoms with E-state index in [0.717, 1.165) is 22.0 Å². The lowest BCUT2D eigenvalue weighted by molar-refractivity contribution is -0.120. The van der Waals surface area contributed by atoms with Crippen LogP contribution in [0.25, 0.3) is 10.9 Å². The highest BCUT2D eigenvalue weighted by Gasteiger charge is 2.08. The second kappa shape index (κ2) is 6.74. The number of nitrogens with one attached hydrogen (secondary N) is 1. The van der Waals surface area contributed by atoms with Crippen LogP contribution in [0.3, 0.4) is 0 Å². The highest BCUT2D eigenvalue weighted by atomic mass is 19.1. The lowest BCUT2D eigenvalue weighted by Gasteiger charge is -2.05. The van der Waals surface area contributed by atoms with Gasteiger partial charge in [-0.05, 0) is 47.9 Å². The Morgan fingerprint density at radius 1 is 1.21 bits per heavy atom. The van der Waals surface area contributed by atoms with E-state index in [4.69, 9.17) is 0 Å². The van der Waals surface area contributed by atoms with Crippen molar-refractivity contribution in [2.24, 2.45) is 7.05 Å². The van der Waals surface area contributed by atoms with E-state index in [1.807, 2.05) is 23.9 Å². The van der Waals surface area contributed by atoms with Crippen LogP contribution in [-0.2, 0) is 24.7 Å². The zero-order valence-corrected chi connectivity index (χ0v) is 13.4. The van der Waals surface area contributed by atoms with Gasteiger partial charge in [0.15, 0.2) is 0 Å². The van der Waals surface area contributed by atoms with Crippen molar-refractivity contribution in [3.8, 4) is 5.75 Å². The summed E-state index contributed by atoms with van der Waals surface area (Å²) in [6, 6.07) is 11.2. The van der Waals surface area contributed by atoms with Gasteiger partial charge in [0, 0.05) is 30.7 Å². The van der Waals surface area contributed by atoms with Crippen LogP contribution in [0.5, 0.6) is 5.75 Å². The summed E-state index contributed by atoms with van der Waals surface area (Å²) >= 11 is 0. The molecule has 1 heterocycles. The van der Waals surface area contributed by atoms with Gasteiger partial charge in [-0.2, -0.15) is 0 Å². The minimum absolute atomic E-state index is 0.0929. The third-order valence-corrected chi connectivity index (χ3v) is 4.05. The van der Waals surface area contributed by atoms with Crippen molar-refractivity contribution in [2.75, 3.05) is 6.54 Å². The minimum Gasteiger partial charge on any atom is -0.508 e. The van der Waals surface area contributed by atoms with Crippen molar-refractivity contribution in [3.63, 3.8) is 0 Å². The van der Waals surface area contributed by atoms with E-state index in [1.165, 1.54) is 12.1 Å². The number of benzene rings is 2. The molecule has 0 fully saturated rings. The minimum atomic E-state index is -0.307. The number of hydrogen-bond acceptors (Lipinski definition) is 2. The molecule has 4 nitrogen and oxygen atoms in total. The molecule has 5 heteroatoms. The molecular formula is C19H19FN2O2. The van der Waals surface area contributed by atoms with Crippen LogP contribution in [-0.4, -0.2) is 22.1 Å². The molecule has 0 atom stereocenters. The maximum atomic E-state index is 12.9. The first kappa shape index (κ1) is 16.1. The van der Waals surface area contributed by atoms with E-state index in [9.17, 15) is 14.3 Å². The number of carbonyl (C=O) groups is 1. The quantitative estimate of drug-likeness (QED) is 0.757. The normalized spacial score (nSPS) is 10.9. The summed E-state index contributed by atoms with van der Waals surface area (Å²) in [5, 5.41) is 13.5. The third kappa shape index (κ3) is 3.56. The van der Waals surface area contributed by atoms with E-state index in [2.05, 4.69) is 5.32 Å². The highest BCUT2D eigenvalue weighted by molar-refractivity contribution is 5.85. The van der Waals surface area contributed by atoms with Gasteiger partial charge in [0.2, 0.25) is 5.91 Å². The van der Waals surface area contributed by atoms with E-state index in [1.54, 1.807) is 24.3 Å². The van der Waals surface area contributed by atoms with Gasteiger partial charge >= 0.3 is 0 Å². The Labute approximate surface area is 139 Å². The summed E-state index contributed by atoms with van der Waals surface area (Å²) < 4.78 is 14.9. The van der Waals surface area contributed by atoms with Crippen LogP contribution >= 0.6 is 0 Å². The fourth-order valence-corrected chi connectivity index (χ4v) is 2.85. The second-order valence-corrected chi connectivity index (χ2v) is 5.87. The SMILES string of the molecule is Cn1cc(CCNC(=O)Cc2ccc(F)cc2)c2cc(O)ccc21. The van der Waals surface area contributed by atoms with Crippen molar-refractivity contribution in [1.82, 2.24) is 9.88 Å². The van der Waals surface area contributed by atoms with Gasteiger partial charge in [-0.3, -0.25) is 4.79 Å². The number of aryl methyl sites for hydroxylation is 1. The molecule has 3 aromatic rings. The second-order valence-electron chi connectivity index (χ2n) is 5.87. The van der Waals surface area contributed by atoms with Crippen LogP contribution in [0.2, 0.25) is 0 Å². The molecule has 0 saturated carbocycles. The summed E-state index contributed by atoms with van der Waals surface area (Å²) in [4.78, 5) is 12.0. The number of halogens is 1. The number of amides is 1. The van der Waals surface area contributed by atoms with Gasteiger partial charge in [-0.15, -0.1) is 0 Å².